The molecule has 0 saturated carbocycles. The molecule has 0 aliphatic rings. The Morgan fingerprint density at radius 2 is 1.95 bits per heavy atom. The molecule has 1 heterocycles. The molecule has 2 N–H and O–H groups in total. The van der Waals surface area contributed by atoms with Gasteiger partial charge in [0.2, 0.25) is 0 Å². The van der Waals surface area contributed by atoms with E-state index in [0.29, 0.717) is 4.60 Å². The molecule has 2 rings (SSSR count). The van der Waals surface area contributed by atoms with Gasteiger partial charge in [-0.05, 0) is 52.7 Å². The Labute approximate surface area is 131 Å². The van der Waals surface area contributed by atoms with E-state index in [4.69, 9.17) is 4.74 Å². The van der Waals surface area contributed by atoms with Gasteiger partial charge in [0.1, 0.15) is 16.1 Å². The number of methoxy groups -OCH3 is 1. The Kier molecular flexibility index (Phi) is 4.80. The number of aromatic hydroxyl groups is 1. The van der Waals surface area contributed by atoms with E-state index in [1.807, 2.05) is 31.2 Å². The summed E-state index contributed by atoms with van der Waals surface area (Å²) >= 11 is 3.18. The number of pyridine rings is 1. The van der Waals surface area contributed by atoms with Crippen molar-refractivity contribution in [1.29, 1.82) is 0 Å². The van der Waals surface area contributed by atoms with E-state index in [0.717, 1.165) is 11.3 Å². The van der Waals surface area contributed by atoms with Crippen LogP contribution in [-0.2, 0) is 0 Å². The zero-order valence-corrected chi connectivity index (χ0v) is 13.2. The highest BCUT2D eigenvalue weighted by atomic mass is 79.9. The Hall–Kier alpha value is -2.08. The number of amides is 1. The fourth-order valence-electron chi connectivity index (χ4n) is 1.84. The maximum absolute atomic E-state index is 12.1. The van der Waals surface area contributed by atoms with Gasteiger partial charge in [0.05, 0.1) is 13.2 Å². The lowest BCUT2D eigenvalue weighted by atomic mass is 10.1. The van der Waals surface area contributed by atoms with E-state index in [1.165, 1.54) is 6.07 Å². The molecule has 1 amide bonds. The van der Waals surface area contributed by atoms with E-state index in [-0.39, 0.29) is 17.5 Å². The molecule has 2 aromatic rings. The minimum atomic E-state index is -0.433. The number of nitrogens with one attached hydrogen (secondary N) is 1. The van der Waals surface area contributed by atoms with Crippen molar-refractivity contribution in [3.63, 3.8) is 0 Å². The molecule has 0 fully saturated rings. The average molecular weight is 351 g/mol. The van der Waals surface area contributed by atoms with Gasteiger partial charge in [-0.1, -0.05) is 12.1 Å². The van der Waals surface area contributed by atoms with E-state index in [9.17, 15) is 9.90 Å². The van der Waals surface area contributed by atoms with Crippen LogP contribution in [0.3, 0.4) is 0 Å². The van der Waals surface area contributed by atoms with E-state index < -0.39 is 5.91 Å². The van der Waals surface area contributed by atoms with Crippen LogP contribution in [0.2, 0.25) is 0 Å². The highest BCUT2D eigenvalue weighted by Gasteiger charge is 2.16. The number of hydrogen-bond donors (Lipinski definition) is 2. The molecule has 0 radical (unpaired) electrons. The molecule has 0 aliphatic heterocycles. The summed E-state index contributed by atoms with van der Waals surface area (Å²) in [6.07, 6.45) is 0. The molecule has 21 heavy (non-hydrogen) atoms. The van der Waals surface area contributed by atoms with Crippen molar-refractivity contribution < 1.29 is 14.6 Å². The Morgan fingerprint density at radius 1 is 1.29 bits per heavy atom. The highest BCUT2D eigenvalue weighted by Crippen LogP contribution is 2.20. The quantitative estimate of drug-likeness (QED) is 0.831. The lowest BCUT2D eigenvalue weighted by Gasteiger charge is -2.15. The minimum absolute atomic E-state index is 0.00950. The molecular weight excluding hydrogens is 336 g/mol. The normalized spacial score (nSPS) is 11.8. The molecule has 0 bridgehead atoms. The predicted molar refractivity (Wildman–Crippen MR) is 82.5 cm³/mol. The van der Waals surface area contributed by atoms with Gasteiger partial charge in [0.15, 0.2) is 5.69 Å². The summed E-state index contributed by atoms with van der Waals surface area (Å²) in [6.45, 7) is 1.86. The van der Waals surface area contributed by atoms with Crippen molar-refractivity contribution in [2.75, 3.05) is 7.11 Å². The van der Waals surface area contributed by atoms with Crippen molar-refractivity contribution in [3.05, 3.63) is 52.3 Å². The van der Waals surface area contributed by atoms with Crippen molar-refractivity contribution >= 4 is 21.8 Å². The summed E-state index contributed by atoms with van der Waals surface area (Å²) in [6, 6.07) is 10.2. The van der Waals surface area contributed by atoms with Crippen LogP contribution in [0.5, 0.6) is 11.5 Å². The zero-order valence-electron chi connectivity index (χ0n) is 11.6. The van der Waals surface area contributed by atoms with Gasteiger partial charge in [-0.3, -0.25) is 4.79 Å². The molecule has 5 nitrogen and oxygen atoms in total. The number of hydrogen-bond acceptors (Lipinski definition) is 4. The van der Waals surface area contributed by atoms with Crippen LogP contribution in [0.25, 0.3) is 0 Å². The topological polar surface area (TPSA) is 71.5 Å². The third kappa shape index (κ3) is 3.72. The summed E-state index contributed by atoms with van der Waals surface area (Å²) in [5.74, 6) is 0.165. The number of aromatic nitrogens is 1. The Balaban J connectivity index is 2.12. The number of nitrogens with zero attached hydrogens (tertiary/aromatic N) is 1. The number of halogens is 1. The molecule has 6 heteroatoms. The predicted octanol–water partition coefficient (Wildman–Crippen LogP) is 3.05. The second-order valence-electron chi connectivity index (χ2n) is 4.47. The standard InChI is InChI=1S/C15H15BrN2O3/c1-9(10-3-5-11(21-2)6-4-10)17-15(20)14-12(19)7-8-13(16)18-14/h3-9,19H,1-2H3,(H,17,20). The monoisotopic (exact) mass is 350 g/mol. The number of ether oxygens (including phenoxy) is 1. The van der Waals surface area contributed by atoms with Gasteiger partial charge in [0.25, 0.3) is 5.91 Å². The average Bonchev–Trinajstić information content (AvgIpc) is 2.49. The zero-order chi connectivity index (χ0) is 15.4. The largest absolute Gasteiger partial charge is 0.505 e. The molecule has 1 unspecified atom stereocenters. The fraction of sp³-hybridized carbons (Fsp3) is 0.200. The maximum Gasteiger partial charge on any atom is 0.274 e. The molecule has 110 valence electrons. The van der Waals surface area contributed by atoms with Crippen LogP contribution in [0.4, 0.5) is 0 Å². The first kappa shape index (κ1) is 15.3. The molecule has 1 aromatic heterocycles. The summed E-state index contributed by atoms with van der Waals surface area (Å²) in [5, 5.41) is 12.5. The number of carbonyl (C=O) groups excluding carboxylic acids is 1. The molecule has 0 spiro atoms. The van der Waals surface area contributed by atoms with E-state index >= 15 is 0 Å². The first-order valence-electron chi connectivity index (χ1n) is 6.31. The summed E-state index contributed by atoms with van der Waals surface area (Å²) in [4.78, 5) is 16.1. The lowest BCUT2D eigenvalue weighted by Crippen LogP contribution is -2.27. The van der Waals surface area contributed by atoms with Crippen molar-refractivity contribution in [2.24, 2.45) is 0 Å². The van der Waals surface area contributed by atoms with Gasteiger partial charge in [0, 0.05) is 0 Å². The second-order valence-corrected chi connectivity index (χ2v) is 5.28. The van der Waals surface area contributed by atoms with Crippen LogP contribution in [0.1, 0.15) is 29.0 Å². The van der Waals surface area contributed by atoms with Gasteiger partial charge < -0.3 is 15.2 Å². The van der Waals surface area contributed by atoms with Crippen LogP contribution < -0.4 is 10.1 Å². The second kappa shape index (κ2) is 6.58. The van der Waals surface area contributed by atoms with Crippen LogP contribution in [-0.4, -0.2) is 23.1 Å². The molecule has 0 aliphatic carbocycles. The number of carbonyl (C=O) groups is 1. The summed E-state index contributed by atoms with van der Waals surface area (Å²) in [7, 11) is 1.60. The van der Waals surface area contributed by atoms with Crippen molar-refractivity contribution in [3.8, 4) is 11.5 Å². The molecule has 0 saturated heterocycles. The van der Waals surface area contributed by atoms with E-state index in [2.05, 4.69) is 26.2 Å². The Morgan fingerprint density at radius 3 is 2.57 bits per heavy atom. The fourth-order valence-corrected chi connectivity index (χ4v) is 2.15. The summed E-state index contributed by atoms with van der Waals surface area (Å²) < 4.78 is 5.58. The molecule has 1 aromatic carbocycles. The van der Waals surface area contributed by atoms with Crippen LogP contribution >= 0.6 is 15.9 Å². The first-order chi connectivity index (χ1) is 10.0. The maximum atomic E-state index is 12.1. The lowest BCUT2D eigenvalue weighted by molar-refractivity contribution is 0.0931. The first-order valence-corrected chi connectivity index (χ1v) is 7.11. The number of rotatable bonds is 4. The smallest absolute Gasteiger partial charge is 0.274 e. The third-order valence-electron chi connectivity index (χ3n) is 3.02. The van der Waals surface area contributed by atoms with Crippen molar-refractivity contribution in [2.45, 2.75) is 13.0 Å². The van der Waals surface area contributed by atoms with Crippen LogP contribution in [0, 0.1) is 0 Å². The van der Waals surface area contributed by atoms with Crippen LogP contribution in [0.15, 0.2) is 41.0 Å². The SMILES string of the molecule is COc1ccc(C(C)NC(=O)c2nc(Br)ccc2O)cc1. The van der Waals surface area contributed by atoms with Crippen molar-refractivity contribution in [1.82, 2.24) is 10.3 Å². The molecular formula is C15H15BrN2O3. The highest BCUT2D eigenvalue weighted by molar-refractivity contribution is 9.10. The van der Waals surface area contributed by atoms with E-state index in [1.54, 1.807) is 13.2 Å². The van der Waals surface area contributed by atoms with Gasteiger partial charge >= 0.3 is 0 Å². The van der Waals surface area contributed by atoms with Gasteiger partial charge in [-0.25, -0.2) is 4.98 Å². The van der Waals surface area contributed by atoms with Gasteiger partial charge in [-0.15, -0.1) is 0 Å². The van der Waals surface area contributed by atoms with Gasteiger partial charge in [-0.2, -0.15) is 0 Å². The molecule has 1 atom stereocenters. The third-order valence-corrected chi connectivity index (χ3v) is 3.46. The summed E-state index contributed by atoms with van der Waals surface area (Å²) in [5.41, 5.74) is 0.920. The minimum Gasteiger partial charge on any atom is -0.505 e. The number of benzene rings is 1. The Bertz CT molecular complexity index is 644.